The zero-order valence-electron chi connectivity index (χ0n) is 8.90. The third kappa shape index (κ3) is 8.05. The topological polar surface area (TPSA) is 35.2 Å². The molecule has 5 heteroatoms. The second kappa shape index (κ2) is 6.50. The fraction of sp³-hybridized carbons (Fsp3) is 0.600. The first-order chi connectivity index (χ1) is 6.89. The maximum absolute atomic E-state index is 11.7. The van der Waals surface area contributed by atoms with Crippen molar-refractivity contribution in [1.82, 2.24) is 0 Å². The molecule has 15 heavy (non-hydrogen) atoms. The molecule has 0 amide bonds. The van der Waals surface area contributed by atoms with Gasteiger partial charge in [0.15, 0.2) is 6.61 Å². The third-order valence-corrected chi connectivity index (χ3v) is 1.66. The quantitative estimate of drug-likeness (QED) is 0.574. The number of ether oxygens (including phenoxy) is 1. The van der Waals surface area contributed by atoms with Crippen LogP contribution in [0.3, 0.4) is 0 Å². The first-order valence-corrected chi connectivity index (χ1v) is 4.63. The van der Waals surface area contributed by atoms with Crippen molar-refractivity contribution in [3.8, 4) is 0 Å². The van der Waals surface area contributed by atoms with Crippen molar-refractivity contribution in [2.75, 3.05) is 13.2 Å². The van der Waals surface area contributed by atoms with Gasteiger partial charge in [-0.25, -0.2) is 0 Å². The summed E-state index contributed by atoms with van der Waals surface area (Å²) in [7, 11) is 0. The highest BCUT2D eigenvalue weighted by atomic mass is 19.4. The Morgan fingerprint density at radius 1 is 1.40 bits per heavy atom. The number of hydrogen-bond donors (Lipinski definition) is 1. The Morgan fingerprint density at radius 3 is 2.40 bits per heavy atom. The van der Waals surface area contributed by atoms with Gasteiger partial charge in [-0.1, -0.05) is 18.6 Å². The summed E-state index contributed by atoms with van der Waals surface area (Å²) in [5, 5.41) is 0. The fourth-order valence-corrected chi connectivity index (χ4v) is 0.929. The van der Waals surface area contributed by atoms with Crippen LogP contribution in [0.5, 0.6) is 0 Å². The van der Waals surface area contributed by atoms with E-state index in [2.05, 4.69) is 4.74 Å². The molecule has 0 aliphatic heterocycles. The third-order valence-electron chi connectivity index (χ3n) is 1.66. The Hall–Kier alpha value is -0.970. The van der Waals surface area contributed by atoms with Gasteiger partial charge in [0.05, 0.1) is 6.26 Å². The van der Waals surface area contributed by atoms with E-state index in [0.29, 0.717) is 12.1 Å². The molecule has 0 aliphatic rings. The van der Waals surface area contributed by atoms with Crippen LogP contribution in [0, 0.1) is 0 Å². The summed E-state index contributed by atoms with van der Waals surface area (Å²) in [6.45, 7) is 2.74. The molecule has 0 radical (unpaired) electrons. The lowest BCUT2D eigenvalue weighted by atomic mass is 10.1. The lowest BCUT2D eigenvalue weighted by molar-refractivity contribution is -0.161. The Morgan fingerprint density at radius 2 is 2.00 bits per heavy atom. The smallest absolute Gasteiger partial charge is 0.422 e. The molecule has 0 saturated carbocycles. The van der Waals surface area contributed by atoms with E-state index in [1.807, 2.05) is 6.92 Å². The van der Waals surface area contributed by atoms with Gasteiger partial charge in [0, 0.05) is 6.54 Å². The van der Waals surface area contributed by atoms with Gasteiger partial charge in [0.25, 0.3) is 0 Å². The molecule has 0 heterocycles. The van der Waals surface area contributed by atoms with E-state index >= 15 is 0 Å². The van der Waals surface area contributed by atoms with Crippen molar-refractivity contribution >= 4 is 0 Å². The average Bonchev–Trinajstić information content (AvgIpc) is 2.12. The maximum Gasteiger partial charge on any atom is 0.422 e. The monoisotopic (exact) mass is 223 g/mol. The molecule has 0 unspecified atom stereocenters. The summed E-state index contributed by atoms with van der Waals surface area (Å²) in [6.07, 6.45) is -0.682. The molecule has 0 aromatic heterocycles. The zero-order valence-corrected chi connectivity index (χ0v) is 8.90. The molecule has 2 N–H and O–H groups in total. The zero-order chi connectivity index (χ0) is 11.9. The molecule has 0 saturated heterocycles. The van der Waals surface area contributed by atoms with Gasteiger partial charge in [0.2, 0.25) is 0 Å². The van der Waals surface area contributed by atoms with E-state index in [0.717, 1.165) is 18.3 Å². The molecule has 0 aromatic rings. The van der Waals surface area contributed by atoms with Crippen LogP contribution in [0.15, 0.2) is 23.5 Å². The standard InChI is InChI=1S/C10H16F3NO/c1-3-9(5-14)4-8(2)6-15-7-10(11,12)13/h4,6H,3,5,7,14H2,1-2H3/b8-6+,9-4+. The first-order valence-electron chi connectivity index (χ1n) is 4.63. The van der Waals surface area contributed by atoms with Gasteiger partial charge >= 0.3 is 6.18 Å². The van der Waals surface area contributed by atoms with Crippen LogP contribution in [0.2, 0.25) is 0 Å². The molecular formula is C10H16F3NO. The van der Waals surface area contributed by atoms with Crippen LogP contribution in [0.1, 0.15) is 20.3 Å². The van der Waals surface area contributed by atoms with Crippen molar-refractivity contribution in [2.24, 2.45) is 5.73 Å². The highest BCUT2D eigenvalue weighted by Crippen LogP contribution is 2.15. The number of hydrogen-bond acceptors (Lipinski definition) is 2. The summed E-state index contributed by atoms with van der Waals surface area (Å²) in [4.78, 5) is 0. The molecule has 0 atom stereocenters. The number of rotatable bonds is 5. The Labute approximate surface area is 87.6 Å². The van der Waals surface area contributed by atoms with Crippen LogP contribution >= 0.6 is 0 Å². The van der Waals surface area contributed by atoms with Gasteiger partial charge in [-0.05, 0) is 18.9 Å². The van der Waals surface area contributed by atoms with Crippen LogP contribution in [-0.2, 0) is 4.74 Å². The maximum atomic E-state index is 11.7. The molecule has 0 rings (SSSR count). The lowest BCUT2D eigenvalue weighted by Crippen LogP contribution is -2.14. The molecule has 0 spiro atoms. The summed E-state index contributed by atoms with van der Waals surface area (Å²) in [5.74, 6) is 0. The summed E-state index contributed by atoms with van der Waals surface area (Å²) in [5.41, 5.74) is 7.01. The Bertz CT molecular complexity index is 238. The van der Waals surface area contributed by atoms with Crippen molar-refractivity contribution in [2.45, 2.75) is 26.4 Å². The summed E-state index contributed by atoms with van der Waals surface area (Å²) < 4.78 is 39.5. The minimum atomic E-state index is -4.29. The number of alkyl halides is 3. The van der Waals surface area contributed by atoms with Crippen molar-refractivity contribution < 1.29 is 17.9 Å². The minimum Gasteiger partial charge on any atom is -0.491 e. The highest BCUT2D eigenvalue weighted by molar-refractivity contribution is 5.20. The minimum absolute atomic E-state index is 0.404. The number of allylic oxidation sites excluding steroid dienone is 2. The predicted molar refractivity (Wildman–Crippen MR) is 53.2 cm³/mol. The number of halogens is 3. The second-order valence-electron chi connectivity index (χ2n) is 3.15. The van der Waals surface area contributed by atoms with Gasteiger partial charge in [0.1, 0.15) is 0 Å². The second-order valence-corrected chi connectivity index (χ2v) is 3.15. The average molecular weight is 223 g/mol. The SMILES string of the molecule is CC/C(=C\C(C)=C\OCC(F)(F)F)CN. The Kier molecular flexibility index (Phi) is 6.08. The van der Waals surface area contributed by atoms with Gasteiger partial charge in [-0.2, -0.15) is 13.2 Å². The molecule has 0 bridgehead atoms. The van der Waals surface area contributed by atoms with Gasteiger partial charge < -0.3 is 10.5 Å². The highest BCUT2D eigenvalue weighted by Gasteiger charge is 2.27. The Balaban J connectivity index is 4.15. The van der Waals surface area contributed by atoms with E-state index in [4.69, 9.17) is 5.73 Å². The molecule has 2 nitrogen and oxygen atoms in total. The van der Waals surface area contributed by atoms with Gasteiger partial charge in [-0.3, -0.25) is 0 Å². The van der Waals surface area contributed by atoms with Crippen LogP contribution in [0.25, 0.3) is 0 Å². The van der Waals surface area contributed by atoms with Crippen molar-refractivity contribution in [3.63, 3.8) is 0 Å². The summed E-state index contributed by atoms with van der Waals surface area (Å²) >= 11 is 0. The number of nitrogens with two attached hydrogens (primary N) is 1. The van der Waals surface area contributed by atoms with Gasteiger partial charge in [-0.15, -0.1) is 0 Å². The van der Waals surface area contributed by atoms with E-state index < -0.39 is 12.8 Å². The molecular weight excluding hydrogens is 207 g/mol. The van der Waals surface area contributed by atoms with E-state index in [-0.39, 0.29) is 0 Å². The van der Waals surface area contributed by atoms with Crippen molar-refractivity contribution in [1.29, 1.82) is 0 Å². The fourth-order valence-electron chi connectivity index (χ4n) is 0.929. The normalized spacial score (nSPS) is 14.3. The van der Waals surface area contributed by atoms with E-state index in [9.17, 15) is 13.2 Å². The largest absolute Gasteiger partial charge is 0.491 e. The molecule has 0 aromatic carbocycles. The van der Waals surface area contributed by atoms with E-state index in [1.165, 1.54) is 0 Å². The van der Waals surface area contributed by atoms with Crippen LogP contribution in [0.4, 0.5) is 13.2 Å². The van der Waals surface area contributed by atoms with E-state index in [1.54, 1.807) is 13.0 Å². The molecule has 0 fully saturated rings. The molecule has 88 valence electrons. The lowest BCUT2D eigenvalue weighted by Gasteiger charge is -2.06. The van der Waals surface area contributed by atoms with Crippen LogP contribution < -0.4 is 5.73 Å². The first kappa shape index (κ1) is 14.0. The molecule has 0 aliphatic carbocycles. The predicted octanol–water partition coefficient (Wildman–Crippen LogP) is 2.76. The van der Waals surface area contributed by atoms with Crippen LogP contribution in [-0.4, -0.2) is 19.3 Å². The summed E-state index contributed by atoms with van der Waals surface area (Å²) in [6, 6.07) is 0. The van der Waals surface area contributed by atoms with Crippen molar-refractivity contribution in [3.05, 3.63) is 23.5 Å².